The molecule has 2 aliphatic heterocycles. The number of fused-ring (bicyclic) bond motifs is 1. The Bertz CT molecular complexity index is 1600. The van der Waals surface area contributed by atoms with Crippen LogP contribution in [-0.4, -0.2) is 48.9 Å². The maximum atomic E-state index is 13.5. The number of hydrogen-bond acceptors (Lipinski definition) is 7. The van der Waals surface area contributed by atoms with Crippen molar-refractivity contribution in [3.63, 3.8) is 0 Å². The number of nitrogens with one attached hydrogen (secondary N) is 4. The molecule has 0 aliphatic carbocycles. The third kappa shape index (κ3) is 9.68. The van der Waals surface area contributed by atoms with E-state index in [-0.39, 0.29) is 34.6 Å². The Morgan fingerprint density at radius 1 is 1.13 bits per heavy atom. The number of methoxy groups -OCH3 is 1. The van der Waals surface area contributed by atoms with E-state index in [0.717, 1.165) is 23.1 Å². The van der Waals surface area contributed by atoms with E-state index in [1.54, 1.807) is 26.8 Å². The first kappa shape index (κ1) is 35.2. The summed E-state index contributed by atoms with van der Waals surface area (Å²) in [5.41, 5.74) is 2.53. The van der Waals surface area contributed by atoms with Crippen molar-refractivity contribution in [2.75, 3.05) is 19.0 Å². The number of rotatable bonds is 11. The maximum Gasteiger partial charge on any atom is 0.407 e. The number of allylic oxidation sites excluding steroid dienone is 2. The summed E-state index contributed by atoms with van der Waals surface area (Å²) in [6.07, 6.45) is 4.07. The average Bonchev–Trinajstić information content (AvgIpc) is 3.20. The molecule has 1 saturated heterocycles. The van der Waals surface area contributed by atoms with Crippen LogP contribution in [0.1, 0.15) is 81.8 Å². The van der Waals surface area contributed by atoms with Crippen molar-refractivity contribution < 1.29 is 28.7 Å². The van der Waals surface area contributed by atoms with E-state index in [9.17, 15) is 19.2 Å². The lowest BCUT2D eigenvalue weighted by molar-refractivity contribution is -0.131. The van der Waals surface area contributed by atoms with Gasteiger partial charge in [0.25, 0.3) is 5.91 Å². The normalized spacial score (nSPS) is 16.8. The van der Waals surface area contributed by atoms with Crippen molar-refractivity contribution in [3.8, 4) is 0 Å². The minimum Gasteiger partial charge on any atom is -0.481 e. The quantitative estimate of drug-likeness (QED) is 0.167. The topological polar surface area (TPSA) is 147 Å². The second-order valence-corrected chi connectivity index (χ2v) is 12.7. The number of piperidine rings is 1. The van der Waals surface area contributed by atoms with Gasteiger partial charge in [0.05, 0.1) is 23.9 Å². The molecule has 0 aromatic heterocycles. The van der Waals surface area contributed by atoms with Crippen LogP contribution in [0.4, 0.5) is 10.5 Å². The number of carbonyl (C=O) groups is 4. The van der Waals surface area contributed by atoms with E-state index in [4.69, 9.17) is 21.1 Å². The van der Waals surface area contributed by atoms with Gasteiger partial charge in [0.15, 0.2) is 0 Å². The summed E-state index contributed by atoms with van der Waals surface area (Å²) in [6, 6.07) is 13.7. The van der Waals surface area contributed by atoms with Gasteiger partial charge in [0.1, 0.15) is 17.4 Å². The molecule has 0 saturated carbocycles. The van der Waals surface area contributed by atoms with E-state index in [1.165, 1.54) is 19.2 Å². The number of ether oxygens (including phenoxy) is 2. The number of amidine groups is 1. The molecule has 4 N–H and O–H groups in total. The van der Waals surface area contributed by atoms with Gasteiger partial charge in [-0.15, -0.1) is 0 Å². The van der Waals surface area contributed by atoms with Gasteiger partial charge in [-0.25, -0.2) is 4.79 Å². The zero-order valence-corrected chi connectivity index (χ0v) is 28.1. The van der Waals surface area contributed by atoms with Crippen LogP contribution < -0.4 is 21.3 Å². The summed E-state index contributed by atoms with van der Waals surface area (Å²) in [5.74, 6) is -1.61. The highest BCUT2D eigenvalue weighted by Gasteiger charge is 2.36. The lowest BCUT2D eigenvalue weighted by atomic mass is 9.91. The zero-order valence-electron chi connectivity index (χ0n) is 27.4. The lowest BCUT2D eigenvalue weighted by Crippen LogP contribution is -2.47. The monoisotopic (exact) mass is 663 g/mol. The van der Waals surface area contributed by atoms with Crippen LogP contribution in [0.3, 0.4) is 0 Å². The second-order valence-electron chi connectivity index (χ2n) is 12.3. The number of benzene rings is 2. The summed E-state index contributed by atoms with van der Waals surface area (Å²) in [5, 5.41) is 11.5. The molecule has 2 unspecified atom stereocenters. The van der Waals surface area contributed by atoms with Gasteiger partial charge in [-0.05, 0) is 87.8 Å². The van der Waals surface area contributed by atoms with Gasteiger partial charge in [0, 0.05) is 12.1 Å². The average molecular weight is 664 g/mol. The van der Waals surface area contributed by atoms with E-state index in [0.29, 0.717) is 37.5 Å². The number of aliphatic imine (C=N–C) groups is 1. The van der Waals surface area contributed by atoms with E-state index >= 15 is 0 Å². The Morgan fingerprint density at radius 2 is 1.87 bits per heavy atom. The van der Waals surface area contributed by atoms with Gasteiger partial charge < -0.3 is 30.7 Å². The van der Waals surface area contributed by atoms with Crippen molar-refractivity contribution in [2.24, 2.45) is 10.9 Å². The lowest BCUT2D eigenvalue weighted by Gasteiger charge is -2.25. The van der Waals surface area contributed by atoms with Crippen molar-refractivity contribution in [2.45, 2.75) is 71.4 Å². The molecule has 4 rings (SSSR count). The van der Waals surface area contributed by atoms with E-state index < -0.39 is 29.4 Å². The number of alkyl carbamates (subject to hydrolysis) is 1. The fraction of sp³-hybridized carbons (Fsp3) is 0.400. The molecule has 2 aliphatic rings. The maximum absolute atomic E-state index is 13.5. The molecule has 0 radical (unpaired) electrons. The highest BCUT2D eigenvalue weighted by molar-refractivity contribution is 6.34. The smallest absolute Gasteiger partial charge is 0.407 e. The van der Waals surface area contributed by atoms with Gasteiger partial charge in [-0.3, -0.25) is 14.4 Å². The minimum absolute atomic E-state index is 0.157. The minimum atomic E-state index is -1.03. The van der Waals surface area contributed by atoms with Crippen LogP contribution in [0.2, 0.25) is 5.02 Å². The summed E-state index contributed by atoms with van der Waals surface area (Å²) >= 11 is 6.43. The van der Waals surface area contributed by atoms with Crippen LogP contribution in [0.25, 0.3) is 0 Å². The fourth-order valence-corrected chi connectivity index (χ4v) is 5.39. The van der Waals surface area contributed by atoms with Crippen LogP contribution in [0, 0.1) is 5.92 Å². The Morgan fingerprint density at radius 3 is 2.55 bits per heavy atom. The number of amides is 4. The number of nitrogens with zero attached hydrogens (tertiary/aromatic N) is 1. The number of carbonyl (C=O) groups excluding carboxylic acids is 4. The Kier molecular flexibility index (Phi) is 11.8. The summed E-state index contributed by atoms with van der Waals surface area (Å²) < 4.78 is 10.7. The Balaban J connectivity index is 1.42. The molecule has 0 bridgehead atoms. The SMILES string of the molecule is CCC1=C(OC)N=C2NC(=O)C(C(=O)Nc3cc(C(=O)NC(CCCNC(=O)OC(C)(C)C)c4ccccc4)ccc3Cl)CC2=CC1. The summed E-state index contributed by atoms with van der Waals surface area (Å²) in [7, 11) is 1.54. The number of hydrogen-bond donors (Lipinski definition) is 4. The molecule has 2 atom stereocenters. The van der Waals surface area contributed by atoms with Crippen molar-refractivity contribution >= 4 is 46.9 Å². The van der Waals surface area contributed by atoms with E-state index in [1.807, 2.05) is 43.3 Å². The first-order valence-corrected chi connectivity index (χ1v) is 16.0. The molecule has 2 heterocycles. The molecule has 0 spiro atoms. The molecule has 4 amide bonds. The second kappa shape index (κ2) is 15.8. The summed E-state index contributed by atoms with van der Waals surface area (Å²) in [4.78, 5) is 56.4. The number of anilines is 1. The molecular weight excluding hydrogens is 622 g/mol. The molecule has 47 heavy (non-hydrogen) atoms. The standard InChI is InChI=1S/C35H42ClN5O6/c1-6-21-14-15-23-19-25(32(44)40-29(23)41-33(21)46-5)31(43)39-28-20-24(16-17-26(28)36)30(42)38-27(22-11-8-7-9-12-22)13-10-18-37-34(45)47-35(2,3)4/h7-9,11-12,15-17,20,25,27H,6,10,13-14,18-19H2,1-5H3,(H,37,45)(H,38,42)(H,39,43)(H,40,41,44). The predicted octanol–water partition coefficient (Wildman–Crippen LogP) is 6.19. The van der Waals surface area contributed by atoms with Crippen LogP contribution in [0.15, 0.2) is 76.6 Å². The van der Waals surface area contributed by atoms with Crippen molar-refractivity contribution in [3.05, 3.63) is 87.8 Å². The highest BCUT2D eigenvalue weighted by Crippen LogP contribution is 2.29. The van der Waals surface area contributed by atoms with Gasteiger partial charge in [-0.1, -0.05) is 54.9 Å². The zero-order chi connectivity index (χ0) is 34.1. The molecule has 250 valence electrons. The van der Waals surface area contributed by atoms with Crippen LogP contribution >= 0.6 is 11.6 Å². The first-order valence-electron chi connectivity index (χ1n) is 15.7. The largest absolute Gasteiger partial charge is 0.481 e. The fourth-order valence-electron chi connectivity index (χ4n) is 5.23. The third-order valence-electron chi connectivity index (χ3n) is 7.67. The molecule has 12 heteroatoms. The van der Waals surface area contributed by atoms with Gasteiger partial charge in [0.2, 0.25) is 17.7 Å². The van der Waals surface area contributed by atoms with Crippen molar-refractivity contribution in [1.29, 1.82) is 0 Å². The Labute approximate surface area is 280 Å². The third-order valence-corrected chi connectivity index (χ3v) is 7.99. The molecule has 2 aromatic carbocycles. The molecular formula is C35H42ClN5O6. The van der Waals surface area contributed by atoms with Crippen molar-refractivity contribution in [1.82, 2.24) is 16.0 Å². The predicted molar refractivity (Wildman–Crippen MR) is 181 cm³/mol. The van der Waals surface area contributed by atoms with Gasteiger partial charge in [-0.2, -0.15) is 4.99 Å². The van der Waals surface area contributed by atoms with Gasteiger partial charge >= 0.3 is 6.09 Å². The van der Waals surface area contributed by atoms with Crippen LogP contribution in [0.5, 0.6) is 0 Å². The highest BCUT2D eigenvalue weighted by atomic mass is 35.5. The van der Waals surface area contributed by atoms with E-state index in [2.05, 4.69) is 26.3 Å². The molecule has 2 aromatic rings. The summed E-state index contributed by atoms with van der Waals surface area (Å²) in [6.45, 7) is 7.76. The number of halogens is 1. The first-order chi connectivity index (χ1) is 22.4. The molecule has 11 nitrogen and oxygen atoms in total. The Hall–Kier alpha value is -4.64. The molecule has 1 fully saturated rings. The van der Waals surface area contributed by atoms with Crippen LogP contribution in [-0.2, 0) is 19.1 Å².